The minimum absolute atomic E-state index is 0.142. The van der Waals surface area contributed by atoms with Gasteiger partial charge < -0.3 is 25.5 Å². The van der Waals surface area contributed by atoms with Gasteiger partial charge in [0.25, 0.3) is 0 Å². The number of amides is 1. The number of rotatable bonds is 6. The van der Waals surface area contributed by atoms with Crippen LogP contribution in [-0.4, -0.2) is 40.9 Å². The summed E-state index contributed by atoms with van der Waals surface area (Å²) in [7, 11) is -1.35. The largest absolute Gasteiger partial charge is 0.376 e. The van der Waals surface area contributed by atoms with E-state index in [2.05, 4.69) is 10.6 Å². The molecule has 1 aromatic carbocycles. The van der Waals surface area contributed by atoms with E-state index in [1.807, 2.05) is 0 Å². The van der Waals surface area contributed by atoms with Crippen molar-refractivity contribution in [2.24, 2.45) is 0 Å². The Bertz CT molecular complexity index is 499. The third kappa shape index (κ3) is 4.40. The number of carbonyl (C=O) groups excluding carboxylic acids is 1. The van der Waals surface area contributed by atoms with Crippen molar-refractivity contribution in [1.82, 2.24) is 10.6 Å². The number of aliphatic hydroxyl groups is 1. The van der Waals surface area contributed by atoms with Crippen molar-refractivity contribution in [2.45, 2.75) is 18.3 Å². The van der Waals surface area contributed by atoms with Crippen molar-refractivity contribution in [3.05, 3.63) is 35.4 Å². The molecule has 1 rings (SSSR count). The highest BCUT2D eigenvalue weighted by atomic mass is 31.2. The first-order valence-electron chi connectivity index (χ1n) is 6.00. The van der Waals surface area contributed by atoms with Gasteiger partial charge in [-0.15, -0.1) is 0 Å². The molecule has 8 heteroatoms. The third-order valence-electron chi connectivity index (χ3n) is 2.95. The maximum atomic E-state index is 11.5. The van der Waals surface area contributed by atoms with Gasteiger partial charge in [0.05, 0.1) is 6.04 Å². The quantitative estimate of drug-likeness (QED) is 0.462. The second-order valence-electron chi connectivity index (χ2n) is 4.36. The number of likely N-dealkylation sites (N-methyl/N-ethyl adjacent to an activating group) is 2. The van der Waals surface area contributed by atoms with Gasteiger partial charge >= 0.3 is 7.60 Å². The highest BCUT2D eigenvalue weighted by Gasteiger charge is 2.27. The molecule has 0 aromatic heterocycles. The van der Waals surface area contributed by atoms with E-state index >= 15 is 0 Å². The molecule has 0 radical (unpaired) electrons. The molecule has 1 aromatic rings. The molecule has 0 aliphatic rings. The van der Waals surface area contributed by atoms with Crippen molar-refractivity contribution < 1.29 is 24.3 Å². The fourth-order valence-corrected chi connectivity index (χ4v) is 2.32. The van der Waals surface area contributed by atoms with Crippen molar-refractivity contribution in [2.75, 3.05) is 14.1 Å². The second-order valence-corrected chi connectivity index (χ2v) is 6.03. The lowest BCUT2D eigenvalue weighted by atomic mass is 10.0. The highest BCUT2D eigenvalue weighted by molar-refractivity contribution is 7.51. The van der Waals surface area contributed by atoms with Crippen LogP contribution < -0.4 is 10.6 Å². The van der Waals surface area contributed by atoms with Gasteiger partial charge in [-0.25, -0.2) is 0 Å². The van der Waals surface area contributed by atoms with E-state index in [0.717, 1.165) is 5.56 Å². The zero-order valence-electron chi connectivity index (χ0n) is 11.3. The first-order valence-corrected chi connectivity index (χ1v) is 7.68. The van der Waals surface area contributed by atoms with Crippen LogP contribution in [0, 0.1) is 0 Å². The summed E-state index contributed by atoms with van der Waals surface area (Å²) < 4.78 is 11.0. The Morgan fingerprint density at radius 1 is 1.25 bits per heavy atom. The van der Waals surface area contributed by atoms with Crippen LogP contribution in [0.1, 0.15) is 17.0 Å². The number of hydrogen-bond acceptors (Lipinski definition) is 4. The molecule has 5 N–H and O–H groups in total. The molecule has 2 unspecified atom stereocenters. The van der Waals surface area contributed by atoms with Crippen LogP contribution in [0.5, 0.6) is 0 Å². The van der Waals surface area contributed by atoms with Crippen LogP contribution >= 0.6 is 7.60 Å². The van der Waals surface area contributed by atoms with Crippen LogP contribution in [0.4, 0.5) is 0 Å². The fourth-order valence-electron chi connectivity index (χ4n) is 1.76. The number of benzene rings is 1. The third-order valence-corrected chi connectivity index (χ3v) is 3.88. The van der Waals surface area contributed by atoms with E-state index in [-0.39, 0.29) is 11.5 Å². The van der Waals surface area contributed by atoms with Gasteiger partial charge in [-0.05, 0) is 24.6 Å². The van der Waals surface area contributed by atoms with E-state index in [9.17, 15) is 14.5 Å². The summed E-state index contributed by atoms with van der Waals surface area (Å²) in [6.07, 6.45) is 0.433. The van der Waals surface area contributed by atoms with Crippen LogP contribution in [-0.2, 0) is 15.8 Å². The molecule has 0 spiro atoms. The second kappa shape index (κ2) is 6.97. The van der Waals surface area contributed by atoms with Crippen LogP contribution in [0.25, 0.3) is 0 Å². The van der Waals surface area contributed by atoms with Crippen molar-refractivity contribution in [1.29, 1.82) is 0 Å². The SMILES string of the molecule is CNC(=O)C(Cc1ccc(C(O)P(=O)(O)O)cc1)NC. The summed E-state index contributed by atoms with van der Waals surface area (Å²) in [4.78, 5) is 29.3. The van der Waals surface area contributed by atoms with Gasteiger partial charge in [0.15, 0.2) is 5.85 Å². The molecule has 112 valence electrons. The predicted molar refractivity (Wildman–Crippen MR) is 74.1 cm³/mol. The summed E-state index contributed by atoms with van der Waals surface area (Å²) in [5.41, 5.74) is 0.956. The van der Waals surface area contributed by atoms with Gasteiger partial charge in [-0.3, -0.25) is 9.36 Å². The average molecular weight is 302 g/mol. The Morgan fingerprint density at radius 2 is 1.80 bits per heavy atom. The van der Waals surface area contributed by atoms with E-state index in [1.165, 1.54) is 12.1 Å². The summed E-state index contributed by atoms with van der Waals surface area (Å²) in [5.74, 6) is -1.97. The van der Waals surface area contributed by atoms with E-state index < -0.39 is 19.5 Å². The summed E-state index contributed by atoms with van der Waals surface area (Å²) in [6.45, 7) is 0. The van der Waals surface area contributed by atoms with E-state index in [0.29, 0.717) is 6.42 Å². The molecule has 0 bridgehead atoms. The molecule has 0 saturated heterocycles. The van der Waals surface area contributed by atoms with Gasteiger partial charge in [-0.1, -0.05) is 24.3 Å². The summed E-state index contributed by atoms with van der Waals surface area (Å²) in [6, 6.07) is 5.74. The lowest BCUT2D eigenvalue weighted by molar-refractivity contribution is -0.122. The molecule has 2 atom stereocenters. The maximum absolute atomic E-state index is 11.5. The highest BCUT2D eigenvalue weighted by Crippen LogP contribution is 2.49. The molecule has 1 amide bonds. The Morgan fingerprint density at radius 3 is 2.20 bits per heavy atom. The first-order chi connectivity index (χ1) is 9.29. The number of carbonyl (C=O) groups is 1. The topological polar surface area (TPSA) is 119 Å². The van der Waals surface area contributed by atoms with Crippen molar-refractivity contribution >= 4 is 13.5 Å². The molecule has 0 saturated carbocycles. The van der Waals surface area contributed by atoms with Crippen molar-refractivity contribution in [3.63, 3.8) is 0 Å². The maximum Gasteiger partial charge on any atom is 0.358 e. The Hall–Kier alpha value is -1.24. The smallest absolute Gasteiger partial charge is 0.358 e. The Kier molecular flexibility index (Phi) is 5.86. The van der Waals surface area contributed by atoms with Crippen molar-refractivity contribution in [3.8, 4) is 0 Å². The number of aliphatic hydroxyl groups excluding tert-OH is 1. The zero-order valence-corrected chi connectivity index (χ0v) is 12.2. The van der Waals surface area contributed by atoms with E-state index in [4.69, 9.17) is 9.79 Å². The lowest BCUT2D eigenvalue weighted by Crippen LogP contribution is -2.42. The zero-order chi connectivity index (χ0) is 15.3. The normalized spacial score (nSPS) is 14.7. The Balaban J connectivity index is 2.81. The number of nitrogens with one attached hydrogen (secondary N) is 2. The molecule has 0 fully saturated rings. The van der Waals surface area contributed by atoms with Gasteiger partial charge in [0.2, 0.25) is 5.91 Å². The van der Waals surface area contributed by atoms with Crippen LogP contribution in [0.3, 0.4) is 0 Å². The summed E-state index contributed by atoms with van der Waals surface area (Å²) >= 11 is 0. The standard InChI is InChI=1S/C12H19N2O5P/c1-13-10(11(15)14-2)7-8-3-5-9(6-4-8)12(16)20(17,18)19/h3-6,10,12-13,16H,7H2,1-2H3,(H,14,15)(H2,17,18,19). The first kappa shape index (κ1) is 16.8. The molecule has 0 heterocycles. The molecule has 20 heavy (non-hydrogen) atoms. The van der Waals surface area contributed by atoms with Gasteiger partial charge in [0, 0.05) is 7.05 Å². The molecule has 0 aliphatic carbocycles. The van der Waals surface area contributed by atoms with Crippen LogP contribution in [0.2, 0.25) is 0 Å². The van der Waals surface area contributed by atoms with Gasteiger partial charge in [0.1, 0.15) is 0 Å². The molecule has 7 nitrogen and oxygen atoms in total. The minimum atomic E-state index is -4.57. The summed E-state index contributed by atoms with van der Waals surface area (Å²) in [5, 5.41) is 14.9. The molecular formula is C12H19N2O5P. The minimum Gasteiger partial charge on any atom is -0.376 e. The van der Waals surface area contributed by atoms with Crippen LogP contribution in [0.15, 0.2) is 24.3 Å². The van der Waals surface area contributed by atoms with Gasteiger partial charge in [-0.2, -0.15) is 0 Å². The monoisotopic (exact) mass is 302 g/mol. The average Bonchev–Trinajstić information content (AvgIpc) is 2.42. The number of hydrogen-bond donors (Lipinski definition) is 5. The molecule has 0 aliphatic heterocycles. The van der Waals surface area contributed by atoms with E-state index in [1.54, 1.807) is 26.2 Å². The molecular weight excluding hydrogens is 283 g/mol. The predicted octanol–water partition coefficient (Wildman–Crippen LogP) is -0.268. The lowest BCUT2D eigenvalue weighted by Gasteiger charge is -2.16. The fraction of sp³-hybridized carbons (Fsp3) is 0.417. The Labute approximate surface area is 117 Å².